The second-order valence-corrected chi connectivity index (χ2v) is 6.56. The molecule has 3 rings (SSSR count). The fourth-order valence-electron chi connectivity index (χ4n) is 2.11. The molecule has 0 bridgehead atoms. The molecular weight excluding hydrogens is 236 g/mol. The van der Waals surface area contributed by atoms with Gasteiger partial charge >= 0.3 is 0 Å². The number of nitrogens with zero attached hydrogens (tertiary/aromatic N) is 1. The number of fused-ring (bicyclic) bond motifs is 1. The molecule has 2 heterocycles. The first-order valence-electron chi connectivity index (χ1n) is 5.56. The molecule has 0 amide bonds. The molecule has 1 aliphatic rings. The first-order chi connectivity index (χ1) is 7.74. The molecule has 0 aromatic carbocycles. The van der Waals surface area contributed by atoms with Gasteiger partial charge in [0.1, 0.15) is 5.01 Å². The summed E-state index contributed by atoms with van der Waals surface area (Å²) in [6.45, 7) is 2.13. The van der Waals surface area contributed by atoms with Crippen molar-refractivity contribution in [1.82, 2.24) is 4.98 Å². The van der Waals surface area contributed by atoms with Crippen molar-refractivity contribution in [3.05, 3.63) is 27.6 Å². The molecule has 16 heavy (non-hydrogen) atoms. The van der Waals surface area contributed by atoms with Crippen LogP contribution in [0.4, 0.5) is 0 Å². The number of thiophene rings is 1. The SMILES string of the molecule is Cc1ccc(-c2nc3c(s2)C(N)CCC3)s1. The van der Waals surface area contributed by atoms with Crippen LogP contribution in [0.3, 0.4) is 0 Å². The molecule has 4 heteroatoms. The Balaban J connectivity index is 2.04. The Labute approximate surface area is 103 Å². The third-order valence-electron chi connectivity index (χ3n) is 2.94. The van der Waals surface area contributed by atoms with Gasteiger partial charge < -0.3 is 5.73 Å². The molecule has 0 saturated heterocycles. The van der Waals surface area contributed by atoms with Gasteiger partial charge in [-0.25, -0.2) is 4.98 Å². The van der Waals surface area contributed by atoms with Gasteiger partial charge in [-0.1, -0.05) is 0 Å². The second-order valence-electron chi connectivity index (χ2n) is 4.24. The highest BCUT2D eigenvalue weighted by Crippen LogP contribution is 2.38. The van der Waals surface area contributed by atoms with Gasteiger partial charge in [0.15, 0.2) is 0 Å². The fourth-order valence-corrected chi connectivity index (χ4v) is 4.18. The minimum atomic E-state index is 0.219. The Morgan fingerprint density at radius 2 is 2.25 bits per heavy atom. The molecule has 1 atom stereocenters. The topological polar surface area (TPSA) is 38.9 Å². The summed E-state index contributed by atoms with van der Waals surface area (Å²) in [6, 6.07) is 4.53. The number of hydrogen-bond acceptors (Lipinski definition) is 4. The molecule has 0 radical (unpaired) electrons. The van der Waals surface area contributed by atoms with Crippen molar-refractivity contribution in [2.75, 3.05) is 0 Å². The van der Waals surface area contributed by atoms with Crippen LogP contribution in [0.15, 0.2) is 12.1 Å². The van der Waals surface area contributed by atoms with Crippen LogP contribution >= 0.6 is 22.7 Å². The number of nitrogens with two attached hydrogens (primary N) is 1. The van der Waals surface area contributed by atoms with E-state index in [2.05, 4.69) is 19.1 Å². The first kappa shape index (κ1) is 10.4. The minimum Gasteiger partial charge on any atom is -0.323 e. The smallest absolute Gasteiger partial charge is 0.133 e. The predicted molar refractivity (Wildman–Crippen MR) is 70.0 cm³/mol. The Morgan fingerprint density at radius 3 is 2.94 bits per heavy atom. The average molecular weight is 250 g/mol. The summed E-state index contributed by atoms with van der Waals surface area (Å²) in [4.78, 5) is 8.67. The lowest BCUT2D eigenvalue weighted by Crippen LogP contribution is -2.15. The van der Waals surface area contributed by atoms with E-state index in [1.165, 1.54) is 26.7 Å². The number of hydrogen-bond donors (Lipinski definition) is 1. The second kappa shape index (κ2) is 3.95. The van der Waals surface area contributed by atoms with E-state index in [0.717, 1.165) is 17.8 Å². The number of rotatable bonds is 1. The fraction of sp³-hybridized carbons (Fsp3) is 0.417. The van der Waals surface area contributed by atoms with Crippen LogP contribution in [0.1, 0.15) is 34.3 Å². The maximum Gasteiger partial charge on any atom is 0.133 e. The summed E-state index contributed by atoms with van der Waals surface area (Å²) < 4.78 is 0. The standard InChI is InChI=1S/C12H14N2S2/c1-7-5-6-10(15-7)12-14-9-4-2-3-8(13)11(9)16-12/h5-6,8H,2-4,13H2,1H3. The van der Waals surface area contributed by atoms with Crippen molar-refractivity contribution in [3.8, 4) is 9.88 Å². The van der Waals surface area contributed by atoms with Gasteiger partial charge in [0, 0.05) is 15.8 Å². The van der Waals surface area contributed by atoms with Gasteiger partial charge in [0.25, 0.3) is 0 Å². The normalized spacial score (nSPS) is 19.8. The Bertz CT molecular complexity index is 513. The Hall–Kier alpha value is -0.710. The van der Waals surface area contributed by atoms with E-state index in [1.807, 2.05) is 11.3 Å². The summed E-state index contributed by atoms with van der Waals surface area (Å²) >= 11 is 3.60. The lowest BCUT2D eigenvalue weighted by atomic mass is 9.99. The van der Waals surface area contributed by atoms with Crippen molar-refractivity contribution in [2.24, 2.45) is 5.73 Å². The monoisotopic (exact) mass is 250 g/mol. The average Bonchev–Trinajstić information content (AvgIpc) is 2.84. The number of aromatic nitrogens is 1. The molecule has 2 aromatic heterocycles. The zero-order valence-corrected chi connectivity index (χ0v) is 10.8. The highest BCUT2D eigenvalue weighted by molar-refractivity contribution is 7.21. The van der Waals surface area contributed by atoms with Crippen LogP contribution in [0, 0.1) is 6.92 Å². The van der Waals surface area contributed by atoms with Gasteiger partial charge in [0.2, 0.25) is 0 Å². The van der Waals surface area contributed by atoms with Crippen molar-refractivity contribution >= 4 is 22.7 Å². The summed E-state index contributed by atoms with van der Waals surface area (Å²) in [5.74, 6) is 0. The maximum absolute atomic E-state index is 6.12. The maximum atomic E-state index is 6.12. The summed E-state index contributed by atoms with van der Waals surface area (Å²) in [5, 5.41) is 1.15. The highest BCUT2D eigenvalue weighted by atomic mass is 32.1. The van der Waals surface area contributed by atoms with E-state index in [4.69, 9.17) is 10.7 Å². The van der Waals surface area contributed by atoms with Gasteiger partial charge in [-0.15, -0.1) is 22.7 Å². The van der Waals surface area contributed by atoms with Crippen molar-refractivity contribution in [2.45, 2.75) is 32.2 Å². The van der Waals surface area contributed by atoms with Gasteiger partial charge in [-0.05, 0) is 38.3 Å². The third-order valence-corrected chi connectivity index (χ3v) is 5.34. The van der Waals surface area contributed by atoms with Gasteiger partial charge in [-0.2, -0.15) is 0 Å². The minimum absolute atomic E-state index is 0.219. The molecule has 1 aliphatic carbocycles. The van der Waals surface area contributed by atoms with Crippen LogP contribution in [0.5, 0.6) is 0 Å². The largest absolute Gasteiger partial charge is 0.323 e. The van der Waals surface area contributed by atoms with Gasteiger partial charge in [-0.3, -0.25) is 0 Å². The molecule has 0 aliphatic heterocycles. The zero-order valence-electron chi connectivity index (χ0n) is 9.19. The molecule has 2 N–H and O–H groups in total. The molecule has 84 valence electrons. The zero-order chi connectivity index (χ0) is 11.1. The third kappa shape index (κ3) is 1.71. The van der Waals surface area contributed by atoms with E-state index < -0.39 is 0 Å². The quantitative estimate of drug-likeness (QED) is 0.841. The van der Waals surface area contributed by atoms with E-state index in [9.17, 15) is 0 Å². The molecular formula is C12H14N2S2. The van der Waals surface area contributed by atoms with Crippen LogP contribution in [0.25, 0.3) is 9.88 Å². The summed E-state index contributed by atoms with van der Waals surface area (Å²) in [7, 11) is 0. The van der Waals surface area contributed by atoms with Crippen molar-refractivity contribution in [3.63, 3.8) is 0 Å². The number of aryl methyl sites for hydroxylation is 2. The molecule has 2 nitrogen and oxygen atoms in total. The Kier molecular flexibility index (Phi) is 2.58. The summed E-state index contributed by atoms with van der Waals surface area (Å²) in [6.07, 6.45) is 3.39. The van der Waals surface area contributed by atoms with Crippen LogP contribution in [-0.4, -0.2) is 4.98 Å². The van der Waals surface area contributed by atoms with Crippen LogP contribution in [0.2, 0.25) is 0 Å². The van der Waals surface area contributed by atoms with E-state index in [1.54, 1.807) is 11.3 Å². The number of thiazole rings is 1. The lowest BCUT2D eigenvalue weighted by Gasteiger charge is -2.15. The van der Waals surface area contributed by atoms with E-state index >= 15 is 0 Å². The molecule has 2 aromatic rings. The molecule has 1 unspecified atom stereocenters. The van der Waals surface area contributed by atoms with Crippen molar-refractivity contribution in [1.29, 1.82) is 0 Å². The van der Waals surface area contributed by atoms with E-state index in [-0.39, 0.29) is 6.04 Å². The van der Waals surface area contributed by atoms with Crippen LogP contribution < -0.4 is 5.73 Å². The Morgan fingerprint density at radius 1 is 1.38 bits per heavy atom. The van der Waals surface area contributed by atoms with Gasteiger partial charge in [0.05, 0.1) is 10.6 Å². The van der Waals surface area contributed by atoms with Crippen molar-refractivity contribution < 1.29 is 0 Å². The predicted octanol–water partition coefficient (Wildman–Crippen LogP) is 3.52. The summed E-state index contributed by atoms with van der Waals surface area (Å²) in [5.41, 5.74) is 7.36. The van der Waals surface area contributed by atoms with Crippen LogP contribution in [-0.2, 0) is 6.42 Å². The molecule has 0 saturated carbocycles. The highest BCUT2D eigenvalue weighted by Gasteiger charge is 2.22. The lowest BCUT2D eigenvalue weighted by molar-refractivity contribution is 0.573. The molecule has 0 spiro atoms. The van der Waals surface area contributed by atoms with E-state index in [0.29, 0.717) is 0 Å². The first-order valence-corrected chi connectivity index (χ1v) is 7.19. The molecule has 0 fully saturated rings.